The SMILES string of the molecule is c1ccc2c(c1)CC(CNCC1CCN(c3nc4ccccc4[nH]3)CC1)O2. The van der Waals surface area contributed by atoms with E-state index >= 15 is 0 Å². The van der Waals surface area contributed by atoms with E-state index in [0.717, 1.165) is 61.2 Å². The molecule has 1 unspecified atom stereocenters. The number of fused-ring (bicyclic) bond motifs is 2. The molecule has 1 atom stereocenters. The van der Waals surface area contributed by atoms with Crippen molar-refractivity contribution in [2.75, 3.05) is 31.1 Å². The van der Waals surface area contributed by atoms with E-state index in [1.807, 2.05) is 12.1 Å². The molecule has 2 N–H and O–H groups in total. The van der Waals surface area contributed by atoms with Gasteiger partial charge in [0.25, 0.3) is 0 Å². The van der Waals surface area contributed by atoms with Crippen LogP contribution in [-0.4, -0.2) is 42.3 Å². The summed E-state index contributed by atoms with van der Waals surface area (Å²) in [5, 5.41) is 3.64. The molecule has 0 amide bonds. The van der Waals surface area contributed by atoms with Gasteiger partial charge in [0.1, 0.15) is 11.9 Å². The Morgan fingerprint density at radius 2 is 1.85 bits per heavy atom. The molecule has 1 saturated heterocycles. The van der Waals surface area contributed by atoms with Crippen LogP contribution in [0.2, 0.25) is 0 Å². The first kappa shape index (κ1) is 16.6. The monoisotopic (exact) mass is 362 g/mol. The number of nitrogens with zero attached hydrogens (tertiary/aromatic N) is 2. The molecule has 0 spiro atoms. The number of imidazole rings is 1. The number of aromatic nitrogens is 2. The van der Waals surface area contributed by atoms with Crippen molar-refractivity contribution in [3.05, 3.63) is 54.1 Å². The van der Waals surface area contributed by atoms with Crippen LogP contribution in [-0.2, 0) is 6.42 Å². The summed E-state index contributed by atoms with van der Waals surface area (Å²) in [4.78, 5) is 10.6. The first-order chi connectivity index (χ1) is 13.3. The minimum absolute atomic E-state index is 0.276. The smallest absolute Gasteiger partial charge is 0.203 e. The number of H-pyrrole nitrogens is 1. The van der Waals surface area contributed by atoms with Gasteiger partial charge in [0.15, 0.2) is 0 Å². The maximum atomic E-state index is 6.02. The van der Waals surface area contributed by atoms with Crippen LogP contribution in [0.1, 0.15) is 18.4 Å². The molecule has 2 aliphatic heterocycles. The first-order valence-electron chi connectivity index (χ1n) is 10.00. The number of hydrogen-bond donors (Lipinski definition) is 2. The molecule has 0 saturated carbocycles. The number of piperidine rings is 1. The van der Waals surface area contributed by atoms with Gasteiger partial charge in [0.2, 0.25) is 5.95 Å². The lowest BCUT2D eigenvalue weighted by molar-refractivity contribution is 0.222. The second kappa shape index (κ2) is 7.24. The molecule has 1 fully saturated rings. The number of hydrogen-bond acceptors (Lipinski definition) is 4. The largest absolute Gasteiger partial charge is 0.488 e. The summed E-state index contributed by atoms with van der Waals surface area (Å²) in [6.07, 6.45) is 3.71. The Hall–Kier alpha value is -2.53. The molecule has 140 valence electrons. The maximum absolute atomic E-state index is 6.02. The molecule has 1 aromatic heterocycles. The highest BCUT2D eigenvalue weighted by Gasteiger charge is 2.24. The van der Waals surface area contributed by atoms with Crippen molar-refractivity contribution in [3.63, 3.8) is 0 Å². The van der Waals surface area contributed by atoms with E-state index in [9.17, 15) is 0 Å². The van der Waals surface area contributed by atoms with Crippen LogP contribution in [0.4, 0.5) is 5.95 Å². The fourth-order valence-electron chi connectivity index (χ4n) is 4.25. The normalized spacial score (nSPS) is 20.0. The highest BCUT2D eigenvalue weighted by molar-refractivity contribution is 5.77. The van der Waals surface area contributed by atoms with Crippen LogP contribution in [0.15, 0.2) is 48.5 Å². The molecule has 0 bridgehead atoms. The number of anilines is 1. The Labute approximate surface area is 159 Å². The molecule has 3 heterocycles. The number of ether oxygens (including phenoxy) is 1. The third kappa shape index (κ3) is 3.52. The third-order valence-corrected chi connectivity index (χ3v) is 5.81. The van der Waals surface area contributed by atoms with Gasteiger partial charge in [-0.1, -0.05) is 30.3 Å². The van der Waals surface area contributed by atoms with Gasteiger partial charge in [-0.25, -0.2) is 4.98 Å². The summed E-state index contributed by atoms with van der Waals surface area (Å²) in [7, 11) is 0. The molecule has 5 rings (SSSR count). The van der Waals surface area contributed by atoms with Gasteiger partial charge in [0, 0.05) is 26.1 Å². The van der Waals surface area contributed by atoms with Crippen LogP contribution in [0.25, 0.3) is 11.0 Å². The quantitative estimate of drug-likeness (QED) is 0.731. The topological polar surface area (TPSA) is 53.2 Å². The van der Waals surface area contributed by atoms with Crippen molar-refractivity contribution in [2.45, 2.75) is 25.4 Å². The van der Waals surface area contributed by atoms with Crippen molar-refractivity contribution in [2.24, 2.45) is 5.92 Å². The zero-order chi connectivity index (χ0) is 18.1. The highest BCUT2D eigenvalue weighted by Crippen LogP contribution is 2.28. The van der Waals surface area contributed by atoms with Gasteiger partial charge in [-0.2, -0.15) is 0 Å². The first-order valence-corrected chi connectivity index (χ1v) is 10.00. The minimum Gasteiger partial charge on any atom is -0.488 e. The molecule has 0 aliphatic carbocycles. The Morgan fingerprint density at radius 1 is 1.04 bits per heavy atom. The van der Waals surface area contributed by atoms with E-state index in [0.29, 0.717) is 0 Å². The van der Waals surface area contributed by atoms with Crippen LogP contribution < -0.4 is 15.0 Å². The van der Waals surface area contributed by atoms with Gasteiger partial charge in [-0.05, 0) is 49.1 Å². The highest BCUT2D eigenvalue weighted by atomic mass is 16.5. The summed E-state index contributed by atoms with van der Waals surface area (Å²) in [6, 6.07) is 16.6. The Bertz CT molecular complexity index is 855. The van der Waals surface area contributed by atoms with Crippen molar-refractivity contribution in [3.8, 4) is 5.75 Å². The molecular formula is C22H26N4O. The Balaban J connectivity index is 1.08. The van der Waals surface area contributed by atoms with E-state index in [1.165, 1.54) is 18.4 Å². The second-order valence-corrected chi connectivity index (χ2v) is 7.72. The predicted molar refractivity (Wildman–Crippen MR) is 108 cm³/mol. The van der Waals surface area contributed by atoms with Gasteiger partial charge in [0.05, 0.1) is 11.0 Å². The number of benzene rings is 2. The van der Waals surface area contributed by atoms with E-state index in [4.69, 9.17) is 9.72 Å². The minimum atomic E-state index is 0.276. The lowest BCUT2D eigenvalue weighted by atomic mass is 9.97. The van der Waals surface area contributed by atoms with E-state index < -0.39 is 0 Å². The third-order valence-electron chi connectivity index (χ3n) is 5.81. The summed E-state index contributed by atoms with van der Waals surface area (Å²) in [6.45, 7) is 4.14. The summed E-state index contributed by atoms with van der Waals surface area (Å²) in [5.41, 5.74) is 3.51. The summed E-state index contributed by atoms with van der Waals surface area (Å²) < 4.78 is 6.02. The Kier molecular flexibility index (Phi) is 4.46. The number of para-hydroxylation sites is 3. The predicted octanol–water partition coefficient (Wildman–Crippen LogP) is 3.37. The molecule has 3 aromatic rings. The van der Waals surface area contributed by atoms with Crippen molar-refractivity contribution >= 4 is 17.0 Å². The lowest BCUT2D eigenvalue weighted by Crippen LogP contribution is -2.39. The van der Waals surface area contributed by atoms with Crippen molar-refractivity contribution in [1.82, 2.24) is 15.3 Å². The molecule has 2 aromatic carbocycles. The Morgan fingerprint density at radius 3 is 2.70 bits per heavy atom. The molecule has 5 nitrogen and oxygen atoms in total. The standard InChI is InChI=1S/C22H26N4O/c1-4-8-21-17(5-1)13-18(27-21)15-23-14-16-9-11-26(12-10-16)22-24-19-6-2-3-7-20(19)25-22/h1-8,16,18,23H,9-15H2,(H,24,25). The van der Waals surface area contributed by atoms with Gasteiger partial charge >= 0.3 is 0 Å². The van der Waals surface area contributed by atoms with Crippen LogP contribution in [0.5, 0.6) is 5.75 Å². The van der Waals surface area contributed by atoms with Crippen LogP contribution in [0.3, 0.4) is 0 Å². The average molecular weight is 362 g/mol. The lowest BCUT2D eigenvalue weighted by Gasteiger charge is -2.32. The van der Waals surface area contributed by atoms with E-state index in [-0.39, 0.29) is 6.10 Å². The van der Waals surface area contributed by atoms with Crippen molar-refractivity contribution < 1.29 is 4.74 Å². The second-order valence-electron chi connectivity index (χ2n) is 7.72. The molecular weight excluding hydrogens is 336 g/mol. The number of nitrogens with one attached hydrogen (secondary N) is 2. The van der Waals surface area contributed by atoms with E-state index in [2.05, 4.69) is 51.6 Å². The summed E-state index contributed by atoms with van der Waals surface area (Å²) in [5.74, 6) is 2.80. The van der Waals surface area contributed by atoms with Gasteiger partial charge in [-0.3, -0.25) is 0 Å². The molecule has 27 heavy (non-hydrogen) atoms. The number of rotatable bonds is 5. The van der Waals surface area contributed by atoms with Gasteiger partial charge < -0.3 is 19.9 Å². The van der Waals surface area contributed by atoms with E-state index in [1.54, 1.807) is 0 Å². The van der Waals surface area contributed by atoms with Crippen LogP contribution in [0, 0.1) is 5.92 Å². The molecule has 2 aliphatic rings. The average Bonchev–Trinajstić information content (AvgIpc) is 3.32. The summed E-state index contributed by atoms with van der Waals surface area (Å²) >= 11 is 0. The fourth-order valence-corrected chi connectivity index (χ4v) is 4.25. The van der Waals surface area contributed by atoms with Crippen molar-refractivity contribution in [1.29, 1.82) is 0 Å². The molecule has 5 heteroatoms. The maximum Gasteiger partial charge on any atom is 0.203 e. The zero-order valence-electron chi connectivity index (χ0n) is 15.5. The fraction of sp³-hybridized carbons (Fsp3) is 0.409. The van der Waals surface area contributed by atoms with Crippen LogP contribution >= 0.6 is 0 Å². The number of aromatic amines is 1. The zero-order valence-corrected chi connectivity index (χ0v) is 15.5. The van der Waals surface area contributed by atoms with Gasteiger partial charge in [-0.15, -0.1) is 0 Å². The molecule has 0 radical (unpaired) electrons.